The number of nitrogens with one attached hydrogen (secondary N) is 1. The van der Waals surface area contributed by atoms with Crippen LogP contribution in [0.3, 0.4) is 0 Å². The number of hydrogen-bond acceptors (Lipinski definition) is 5. The molecule has 186 valence electrons. The summed E-state index contributed by atoms with van der Waals surface area (Å²) in [5, 5.41) is 10.9. The number of halogens is 2. The fraction of sp³-hybridized carbons (Fsp3) is 0.400. The van der Waals surface area contributed by atoms with Gasteiger partial charge in [0.05, 0.1) is 34.8 Å². The molecule has 2 aromatic carbocycles. The van der Waals surface area contributed by atoms with Crippen LogP contribution in [0.1, 0.15) is 31.2 Å². The maximum Gasteiger partial charge on any atom is 0.208 e. The third-order valence-corrected chi connectivity index (χ3v) is 7.32. The van der Waals surface area contributed by atoms with Gasteiger partial charge >= 0.3 is 0 Å². The number of aromatic nitrogens is 1. The van der Waals surface area contributed by atoms with E-state index in [-0.39, 0.29) is 12.6 Å². The lowest BCUT2D eigenvalue weighted by atomic mass is 9.87. The number of sulfonamides is 1. The van der Waals surface area contributed by atoms with Crippen LogP contribution in [-0.2, 0) is 10.0 Å². The monoisotopic (exact) mass is 535 g/mol. The molecule has 10 heteroatoms. The van der Waals surface area contributed by atoms with E-state index < -0.39 is 10.0 Å². The number of nitrogens with zero attached hydrogens (tertiary/aromatic N) is 2. The summed E-state index contributed by atoms with van der Waals surface area (Å²) in [6, 6.07) is 13.6. The highest BCUT2D eigenvalue weighted by molar-refractivity contribution is 7.88. The summed E-state index contributed by atoms with van der Waals surface area (Å²) in [5.74, 6) is 1.83. The molecule has 1 aliphatic carbocycles. The van der Waals surface area contributed by atoms with E-state index in [1.54, 1.807) is 12.1 Å². The van der Waals surface area contributed by atoms with Crippen LogP contribution >= 0.6 is 23.2 Å². The zero-order chi connectivity index (χ0) is 25.0. The highest BCUT2D eigenvalue weighted by Gasteiger charge is 2.23. The highest BCUT2D eigenvalue weighted by atomic mass is 35.5. The predicted molar refractivity (Wildman–Crippen MR) is 138 cm³/mol. The Morgan fingerprint density at radius 2 is 1.91 bits per heavy atom. The standard InChI is InChI=1S/C25H27Cl2N3O4S/c1-35(31,32)29-20-4-2-17(3-5-20)16-34-22-6-7-24-18(13-22)8-10-30(24)21-12-19(15-28)25(23(27)14-21)33-11-9-26/h6-8,10,12-14,17,20,29H,2-5,9,11,16H2,1H3. The largest absolute Gasteiger partial charge is 0.493 e. The van der Waals surface area contributed by atoms with Gasteiger partial charge in [0, 0.05) is 23.3 Å². The minimum Gasteiger partial charge on any atom is -0.493 e. The molecule has 0 amide bonds. The molecule has 0 radical (unpaired) electrons. The summed E-state index contributed by atoms with van der Waals surface area (Å²) in [5.41, 5.74) is 2.06. The third-order valence-electron chi connectivity index (χ3n) is 6.13. The summed E-state index contributed by atoms with van der Waals surface area (Å²) in [6.07, 6.45) is 6.64. The van der Waals surface area contributed by atoms with Crippen molar-refractivity contribution in [3.8, 4) is 23.3 Å². The second-order valence-corrected chi connectivity index (χ2v) is 11.3. The zero-order valence-corrected chi connectivity index (χ0v) is 21.7. The normalized spacial score (nSPS) is 18.3. The molecule has 1 fully saturated rings. The maximum absolute atomic E-state index is 11.4. The molecule has 0 saturated heterocycles. The molecule has 35 heavy (non-hydrogen) atoms. The number of benzene rings is 2. The fourth-order valence-electron chi connectivity index (χ4n) is 4.49. The average molecular weight is 536 g/mol. The second-order valence-electron chi connectivity index (χ2n) is 8.78. The van der Waals surface area contributed by atoms with E-state index in [9.17, 15) is 13.7 Å². The Morgan fingerprint density at radius 1 is 1.14 bits per heavy atom. The van der Waals surface area contributed by atoms with E-state index in [1.165, 1.54) is 6.26 Å². The summed E-state index contributed by atoms with van der Waals surface area (Å²) in [4.78, 5) is 0. The minimum atomic E-state index is -3.17. The molecule has 0 bridgehead atoms. The molecular weight excluding hydrogens is 509 g/mol. The number of rotatable bonds is 9. The van der Waals surface area contributed by atoms with Gasteiger partial charge in [0.25, 0.3) is 0 Å². The first-order chi connectivity index (χ1) is 16.8. The number of hydrogen-bond donors (Lipinski definition) is 1. The van der Waals surface area contributed by atoms with Crippen molar-refractivity contribution in [3.05, 3.63) is 53.2 Å². The van der Waals surface area contributed by atoms with E-state index in [4.69, 9.17) is 32.7 Å². The van der Waals surface area contributed by atoms with Gasteiger partial charge in [-0.3, -0.25) is 0 Å². The van der Waals surface area contributed by atoms with E-state index in [2.05, 4.69) is 10.8 Å². The molecule has 4 rings (SSSR count). The Labute approximate surface area is 215 Å². The Kier molecular flexibility index (Phi) is 8.12. The molecule has 3 aromatic rings. The second kappa shape index (κ2) is 11.1. The smallest absolute Gasteiger partial charge is 0.208 e. The molecule has 1 N–H and O–H groups in total. The molecule has 1 aromatic heterocycles. The summed E-state index contributed by atoms with van der Waals surface area (Å²) >= 11 is 12.1. The van der Waals surface area contributed by atoms with Crippen molar-refractivity contribution in [2.45, 2.75) is 31.7 Å². The quantitative estimate of drug-likeness (QED) is 0.377. The topological polar surface area (TPSA) is 93.3 Å². The Morgan fingerprint density at radius 3 is 2.60 bits per heavy atom. The molecule has 0 unspecified atom stereocenters. The molecule has 1 aliphatic rings. The van der Waals surface area contributed by atoms with E-state index >= 15 is 0 Å². The molecular formula is C25H27Cl2N3O4S. The third kappa shape index (κ3) is 6.42. The first kappa shape index (κ1) is 25.6. The van der Waals surface area contributed by atoms with Crippen LogP contribution in [0.2, 0.25) is 5.02 Å². The van der Waals surface area contributed by atoms with Crippen LogP contribution in [0, 0.1) is 17.2 Å². The lowest BCUT2D eigenvalue weighted by Crippen LogP contribution is -2.37. The van der Waals surface area contributed by atoms with Gasteiger partial charge in [-0.15, -0.1) is 11.6 Å². The van der Waals surface area contributed by atoms with Crippen molar-refractivity contribution >= 4 is 44.1 Å². The van der Waals surface area contributed by atoms with Gasteiger partial charge in [-0.2, -0.15) is 5.26 Å². The van der Waals surface area contributed by atoms with Crippen LogP contribution in [0.5, 0.6) is 11.5 Å². The van der Waals surface area contributed by atoms with Crippen LogP contribution < -0.4 is 14.2 Å². The van der Waals surface area contributed by atoms with Crippen molar-refractivity contribution in [3.63, 3.8) is 0 Å². The van der Waals surface area contributed by atoms with Gasteiger partial charge in [-0.25, -0.2) is 13.1 Å². The lowest BCUT2D eigenvalue weighted by Gasteiger charge is -2.28. The minimum absolute atomic E-state index is 0.0216. The summed E-state index contributed by atoms with van der Waals surface area (Å²) in [7, 11) is -3.17. The maximum atomic E-state index is 11.4. The number of nitriles is 1. The molecule has 0 spiro atoms. The van der Waals surface area contributed by atoms with Crippen molar-refractivity contribution < 1.29 is 17.9 Å². The molecule has 7 nitrogen and oxygen atoms in total. The predicted octanol–water partition coefficient (Wildman–Crippen LogP) is 5.26. The molecule has 0 atom stereocenters. The van der Waals surface area contributed by atoms with Gasteiger partial charge in [0.2, 0.25) is 10.0 Å². The first-order valence-electron chi connectivity index (χ1n) is 11.4. The summed E-state index contributed by atoms with van der Waals surface area (Å²) < 4.78 is 39.1. The van der Waals surface area contributed by atoms with Crippen LogP contribution in [-0.4, -0.2) is 44.4 Å². The van der Waals surface area contributed by atoms with E-state index in [1.807, 2.05) is 35.0 Å². The van der Waals surface area contributed by atoms with Gasteiger partial charge < -0.3 is 14.0 Å². The van der Waals surface area contributed by atoms with Gasteiger partial charge in [-0.1, -0.05) is 11.6 Å². The van der Waals surface area contributed by atoms with Crippen molar-refractivity contribution in [2.24, 2.45) is 5.92 Å². The molecule has 1 saturated carbocycles. The number of ether oxygens (including phenoxy) is 2. The van der Waals surface area contributed by atoms with Gasteiger partial charge in [0.1, 0.15) is 18.4 Å². The highest BCUT2D eigenvalue weighted by Crippen LogP contribution is 2.34. The van der Waals surface area contributed by atoms with Crippen LogP contribution in [0.15, 0.2) is 42.6 Å². The van der Waals surface area contributed by atoms with Gasteiger partial charge in [0.15, 0.2) is 5.75 Å². The zero-order valence-electron chi connectivity index (χ0n) is 19.3. The first-order valence-corrected chi connectivity index (χ1v) is 14.2. The number of alkyl halides is 1. The Balaban J connectivity index is 1.44. The van der Waals surface area contributed by atoms with Crippen molar-refractivity contribution in [2.75, 3.05) is 25.3 Å². The lowest BCUT2D eigenvalue weighted by molar-refractivity contribution is 0.197. The average Bonchev–Trinajstić information content (AvgIpc) is 3.25. The van der Waals surface area contributed by atoms with Crippen molar-refractivity contribution in [1.82, 2.24) is 9.29 Å². The van der Waals surface area contributed by atoms with E-state index in [0.717, 1.165) is 48.0 Å². The van der Waals surface area contributed by atoms with Crippen molar-refractivity contribution in [1.29, 1.82) is 5.26 Å². The fourth-order valence-corrected chi connectivity index (χ4v) is 5.67. The SMILES string of the molecule is CS(=O)(=O)NC1CCC(COc2ccc3c(ccn3-c3cc(Cl)c(OCCCl)c(C#N)c3)c2)CC1. The van der Waals surface area contributed by atoms with Crippen LogP contribution in [0.4, 0.5) is 0 Å². The van der Waals surface area contributed by atoms with E-state index in [0.29, 0.717) is 34.7 Å². The van der Waals surface area contributed by atoms with Gasteiger partial charge in [-0.05, 0) is 68.0 Å². The summed E-state index contributed by atoms with van der Waals surface area (Å²) in [6.45, 7) is 0.867. The van der Waals surface area contributed by atoms with Crippen LogP contribution in [0.25, 0.3) is 16.6 Å². The Hall–Kier alpha value is -2.44. The molecule has 0 aliphatic heterocycles. The Bertz CT molecular complexity index is 1340. The number of fused-ring (bicyclic) bond motifs is 1. The molecule has 1 heterocycles.